The maximum Gasteiger partial charge on any atom is 0.318 e. The normalized spacial score (nSPS) is 17.4. The molecule has 324 valence electrons. The smallest absolute Gasteiger partial charge is 0.318 e. The second-order valence-corrected chi connectivity index (χ2v) is 16.0. The van der Waals surface area contributed by atoms with Gasteiger partial charge in [0.25, 0.3) is 0 Å². The number of aromatic nitrogens is 2. The van der Waals surface area contributed by atoms with Crippen molar-refractivity contribution in [2.24, 2.45) is 17.8 Å². The fraction of sp³-hybridized carbons (Fsp3) is 0.619. The maximum atomic E-state index is 13.5. The molecule has 5 atom stereocenters. The molecule has 17 heteroatoms. The number of benzene rings is 1. The first-order chi connectivity index (χ1) is 28.2. The van der Waals surface area contributed by atoms with Gasteiger partial charge in [0.1, 0.15) is 23.7 Å². The van der Waals surface area contributed by atoms with Gasteiger partial charge < -0.3 is 47.4 Å². The number of hydrogen-bond donors (Lipinski definition) is 8. The summed E-state index contributed by atoms with van der Waals surface area (Å²) in [5.41, 5.74) is 7.34. The molecule has 0 unspecified atom stereocenters. The molecule has 2 fully saturated rings. The summed E-state index contributed by atoms with van der Waals surface area (Å²) >= 11 is 0. The minimum Gasteiger partial charge on any atom is -0.481 e. The fourth-order valence-electron chi connectivity index (χ4n) is 7.63. The number of nitrogens with zero attached hydrogens (tertiary/aromatic N) is 3. The Morgan fingerprint density at radius 2 is 1.61 bits per heavy atom. The molecule has 2 aliphatic rings. The second kappa shape index (κ2) is 23.3. The van der Waals surface area contributed by atoms with Gasteiger partial charge in [0.15, 0.2) is 0 Å². The number of aliphatic hydroxyl groups is 1. The molecule has 0 spiro atoms. The fourth-order valence-corrected chi connectivity index (χ4v) is 7.63. The van der Waals surface area contributed by atoms with E-state index in [9.17, 15) is 39.0 Å². The van der Waals surface area contributed by atoms with E-state index in [0.717, 1.165) is 37.7 Å². The predicted octanol–water partition coefficient (Wildman–Crippen LogP) is 2.34. The van der Waals surface area contributed by atoms with Crippen LogP contribution in [0.3, 0.4) is 0 Å². The van der Waals surface area contributed by atoms with E-state index < -0.39 is 65.8 Å². The number of aliphatic hydroxyl groups excluding tert-OH is 1. The largest absolute Gasteiger partial charge is 0.481 e. The van der Waals surface area contributed by atoms with E-state index in [0.29, 0.717) is 37.1 Å². The number of nitrogens with one attached hydrogen (secondary N) is 5. The Kier molecular flexibility index (Phi) is 18.3. The number of likely N-dealkylation sites (tertiary alicyclic amines) is 1. The van der Waals surface area contributed by atoms with Gasteiger partial charge in [0.05, 0.1) is 24.5 Å². The maximum absolute atomic E-state index is 13.5. The lowest BCUT2D eigenvalue weighted by Crippen LogP contribution is -2.54. The van der Waals surface area contributed by atoms with Crippen molar-refractivity contribution in [1.29, 1.82) is 0 Å². The van der Waals surface area contributed by atoms with Crippen molar-refractivity contribution in [3.05, 3.63) is 53.5 Å². The van der Waals surface area contributed by atoms with Crippen molar-refractivity contribution in [1.82, 2.24) is 41.5 Å². The van der Waals surface area contributed by atoms with Crippen LogP contribution in [-0.2, 0) is 36.9 Å². The third kappa shape index (κ3) is 15.1. The number of carboxylic acid groups (broad SMARTS) is 1. The number of aryl methyl sites for hydroxylation is 1. The molecule has 6 amide bonds. The molecule has 0 bridgehead atoms. The van der Waals surface area contributed by atoms with Crippen molar-refractivity contribution in [2.45, 2.75) is 129 Å². The van der Waals surface area contributed by atoms with Crippen molar-refractivity contribution < 1.29 is 39.0 Å². The summed E-state index contributed by atoms with van der Waals surface area (Å²) in [6.07, 6.45) is 6.85. The monoisotopic (exact) mass is 821 g/mol. The molecular formula is C42H63N9O8. The molecule has 17 nitrogen and oxygen atoms in total. The highest BCUT2D eigenvalue weighted by Crippen LogP contribution is 2.28. The van der Waals surface area contributed by atoms with Crippen LogP contribution in [0.1, 0.15) is 101 Å². The van der Waals surface area contributed by atoms with Crippen molar-refractivity contribution >= 4 is 41.4 Å². The van der Waals surface area contributed by atoms with Gasteiger partial charge in [-0.3, -0.25) is 24.0 Å². The van der Waals surface area contributed by atoms with E-state index in [4.69, 9.17) is 5.73 Å². The summed E-state index contributed by atoms with van der Waals surface area (Å²) in [6.45, 7) is 6.00. The van der Waals surface area contributed by atoms with Gasteiger partial charge >= 0.3 is 12.0 Å². The number of hydrogen-bond acceptors (Lipinski definition) is 10. The van der Waals surface area contributed by atoms with E-state index >= 15 is 0 Å². The Bertz CT molecular complexity index is 1720. The van der Waals surface area contributed by atoms with Gasteiger partial charge in [-0.15, -0.1) is 0 Å². The Morgan fingerprint density at radius 3 is 2.25 bits per heavy atom. The summed E-state index contributed by atoms with van der Waals surface area (Å²) in [5.74, 6) is -2.48. The summed E-state index contributed by atoms with van der Waals surface area (Å²) in [7, 11) is 0. The minimum atomic E-state index is -1.24. The summed E-state index contributed by atoms with van der Waals surface area (Å²) in [6, 6.07) is 6.13. The lowest BCUT2D eigenvalue weighted by molar-refractivity contribution is -0.143. The van der Waals surface area contributed by atoms with Crippen LogP contribution in [0.5, 0.6) is 0 Å². The molecule has 1 saturated carbocycles. The molecule has 0 radical (unpaired) electrons. The number of piperidine rings is 1. The van der Waals surface area contributed by atoms with E-state index in [1.807, 2.05) is 44.2 Å². The summed E-state index contributed by atoms with van der Waals surface area (Å²) < 4.78 is 0. The van der Waals surface area contributed by atoms with Gasteiger partial charge in [-0.05, 0) is 43.6 Å². The average molecular weight is 822 g/mol. The zero-order valence-electron chi connectivity index (χ0n) is 34.6. The Hall–Kier alpha value is -5.32. The number of carbonyl (C=O) groups excluding carboxylic acids is 5. The van der Waals surface area contributed by atoms with Crippen LogP contribution in [0.15, 0.2) is 36.5 Å². The van der Waals surface area contributed by atoms with E-state index in [-0.39, 0.29) is 63.1 Å². The molecule has 59 heavy (non-hydrogen) atoms. The van der Waals surface area contributed by atoms with E-state index in [1.54, 1.807) is 13.1 Å². The lowest BCUT2D eigenvalue weighted by atomic mass is 9.83. The SMILES string of the molecule is CC[C@H](C)[C@H](NC(=O)C[C@H](O)[C@H](CC1CCCCC1)NC(=O)CCNC(=O)[C@H](Cc1ccccc1)NC(=O)N1CCC(C(=O)O)CC1)C(=O)NCc1cnc(C)nc1N. The van der Waals surface area contributed by atoms with Crippen LogP contribution < -0.4 is 32.3 Å². The predicted molar refractivity (Wildman–Crippen MR) is 220 cm³/mol. The van der Waals surface area contributed by atoms with Crippen molar-refractivity contribution in [3.8, 4) is 0 Å². The highest BCUT2D eigenvalue weighted by atomic mass is 16.4. The third-order valence-electron chi connectivity index (χ3n) is 11.5. The summed E-state index contributed by atoms with van der Waals surface area (Å²) in [5, 5.41) is 34.8. The molecule has 4 rings (SSSR count). The number of rotatable bonds is 20. The number of anilines is 1. The molecule has 2 aromatic rings. The molecular weight excluding hydrogens is 759 g/mol. The van der Waals surface area contributed by atoms with Crippen LogP contribution >= 0.6 is 0 Å². The van der Waals surface area contributed by atoms with Crippen LogP contribution in [0, 0.1) is 24.7 Å². The van der Waals surface area contributed by atoms with Crippen LogP contribution in [0.4, 0.5) is 10.6 Å². The Morgan fingerprint density at radius 1 is 0.915 bits per heavy atom. The number of nitrogens with two attached hydrogens (primary N) is 1. The van der Waals surface area contributed by atoms with Gasteiger partial charge in [-0.2, -0.15) is 0 Å². The quantitative estimate of drug-likeness (QED) is 0.0962. The Balaban J connectivity index is 1.34. The molecule has 1 aromatic heterocycles. The van der Waals surface area contributed by atoms with Crippen molar-refractivity contribution in [3.63, 3.8) is 0 Å². The number of urea groups is 1. The topological polar surface area (TPSA) is 258 Å². The average Bonchev–Trinajstić information content (AvgIpc) is 3.22. The Labute approximate surface area is 346 Å². The van der Waals surface area contributed by atoms with Gasteiger partial charge in [-0.25, -0.2) is 14.8 Å². The molecule has 1 aliphatic heterocycles. The second-order valence-electron chi connectivity index (χ2n) is 16.0. The molecule has 1 aliphatic carbocycles. The van der Waals surface area contributed by atoms with Crippen molar-refractivity contribution in [2.75, 3.05) is 25.4 Å². The third-order valence-corrected chi connectivity index (χ3v) is 11.5. The standard InChI is InChI=1S/C42H63N9O8/c1-4-26(2)37(40(56)46-25-31-24-45-27(3)47-38(31)43)50-36(54)23-34(52)32(21-28-11-7-5-8-12-28)48-35(53)15-18-44-39(55)33(22-29-13-9-6-10-14-29)49-42(59)51-19-16-30(17-20-51)41(57)58/h6,9-10,13-14,24,26,28,30,32-34,37,52H,4-5,7-8,11-12,15-23,25H2,1-3H3,(H,44,55)(H,46,56)(H,48,53)(H,49,59)(H,50,54)(H,57,58)(H2,43,45,47)/t26-,32-,33-,34-,37-/m0/s1. The summed E-state index contributed by atoms with van der Waals surface area (Å²) in [4.78, 5) is 87.8. The van der Waals surface area contributed by atoms with Crippen LogP contribution in [-0.4, -0.2) is 105 Å². The number of amides is 6. The number of aliphatic carboxylic acids is 1. The number of carboxylic acids is 1. The van der Waals surface area contributed by atoms with Gasteiger partial charge in [0, 0.05) is 50.8 Å². The van der Waals surface area contributed by atoms with Gasteiger partial charge in [-0.1, -0.05) is 82.7 Å². The van der Waals surface area contributed by atoms with E-state index in [2.05, 4.69) is 36.6 Å². The number of carbonyl (C=O) groups is 6. The molecule has 9 N–H and O–H groups in total. The zero-order valence-corrected chi connectivity index (χ0v) is 34.6. The highest BCUT2D eigenvalue weighted by Gasteiger charge is 2.32. The highest BCUT2D eigenvalue weighted by molar-refractivity contribution is 5.89. The first-order valence-electron chi connectivity index (χ1n) is 21.0. The van der Waals surface area contributed by atoms with Crippen LogP contribution in [0.2, 0.25) is 0 Å². The first-order valence-corrected chi connectivity index (χ1v) is 21.0. The molecule has 1 saturated heterocycles. The lowest BCUT2D eigenvalue weighted by Gasteiger charge is -2.31. The van der Waals surface area contributed by atoms with Gasteiger partial charge in [0.2, 0.25) is 23.6 Å². The van der Waals surface area contributed by atoms with Crippen LogP contribution in [0.25, 0.3) is 0 Å². The minimum absolute atomic E-state index is 0.0470. The zero-order chi connectivity index (χ0) is 42.9. The molecule has 2 heterocycles. The van der Waals surface area contributed by atoms with E-state index in [1.165, 1.54) is 4.90 Å². The number of nitrogen functional groups attached to an aromatic ring is 1. The first kappa shape index (κ1) is 46.4. The molecule has 1 aromatic carbocycles.